The first-order valence-electron chi connectivity index (χ1n) is 15.5. The predicted octanol–water partition coefficient (Wildman–Crippen LogP) is 8.53. The molecule has 0 spiro atoms. The number of aromatic hydroxyl groups is 1. The third kappa shape index (κ3) is 7.50. The Kier molecular flexibility index (Phi) is 6.28. The van der Waals surface area contributed by atoms with Crippen molar-refractivity contribution in [2.24, 2.45) is 17.8 Å². The van der Waals surface area contributed by atoms with Crippen molar-refractivity contribution in [3.05, 3.63) is 22.7 Å². The van der Waals surface area contributed by atoms with Crippen LogP contribution in [0.1, 0.15) is 125 Å². The summed E-state index contributed by atoms with van der Waals surface area (Å²) < 4.78 is 61.9. The molecule has 0 radical (unpaired) electrons. The van der Waals surface area contributed by atoms with E-state index in [0.717, 1.165) is 31.1 Å². The highest BCUT2D eigenvalue weighted by atomic mass is 16.5. The molecule has 0 saturated carbocycles. The number of ether oxygens (including phenoxy) is 1. The van der Waals surface area contributed by atoms with Crippen molar-refractivity contribution in [3.63, 3.8) is 0 Å². The summed E-state index contributed by atoms with van der Waals surface area (Å²) in [6, 6.07) is -0.679. The fourth-order valence-corrected chi connectivity index (χ4v) is 4.66. The normalized spacial score (nSPS) is 24.9. The Morgan fingerprint density at radius 3 is 2.27 bits per heavy atom. The van der Waals surface area contributed by atoms with Crippen LogP contribution in [0.25, 0.3) is 0 Å². The van der Waals surface area contributed by atoms with Crippen LogP contribution in [0.3, 0.4) is 0 Å². The maximum atomic E-state index is 10.5. The minimum absolute atomic E-state index is 0.0397. The molecule has 172 valence electrons. The van der Waals surface area contributed by atoms with Crippen molar-refractivity contribution < 1.29 is 19.4 Å². The van der Waals surface area contributed by atoms with Gasteiger partial charge in [-0.1, -0.05) is 72.6 Å². The minimum atomic E-state index is -2.70. The van der Waals surface area contributed by atoms with Crippen molar-refractivity contribution in [1.29, 1.82) is 0 Å². The first-order valence-corrected chi connectivity index (χ1v) is 12.0. The van der Waals surface area contributed by atoms with Gasteiger partial charge in [-0.2, -0.15) is 0 Å². The number of hydrogen-bond donors (Lipinski definition) is 1. The maximum Gasteiger partial charge on any atom is 0.126 e. The van der Waals surface area contributed by atoms with Crippen molar-refractivity contribution in [2.75, 3.05) is 0 Å². The van der Waals surface area contributed by atoms with E-state index >= 15 is 0 Å². The predicted molar refractivity (Wildman–Crippen MR) is 130 cm³/mol. The van der Waals surface area contributed by atoms with Gasteiger partial charge in [-0.25, -0.2) is 0 Å². The van der Waals surface area contributed by atoms with Gasteiger partial charge in [-0.15, -0.1) is 0 Å². The second-order valence-electron chi connectivity index (χ2n) is 10.4. The Morgan fingerprint density at radius 1 is 1.03 bits per heavy atom. The molecule has 0 aliphatic carbocycles. The van der Waals surface area contributed by atoms with Gasteiger partial charge in [0.25, 0.3) is 0 Å². The average Bonchev–Trinajstić information content (AvgIpc) is 2.72. The standard InChI is InChI=1S/C28H48O2/c1-20(2)11-8-12-21(3)13-9-14-22(4)15-10-17-28(7)18-16-25-24(6)26(29)19-23(5)27(25)30-28/h19-22,29H,8-18H2,1-7H3/t21-,22-,28-/m1/s1/i5D3,6D3,19D. The summed E-state index contributed by atoms with van der Waals surface area (Å²) in [6.45, 7) is 5.77. The maximum absolute atomic E-state index is 10.5. The molecule has 0 amide bonds. The van der Waals surface area contributed by atoms with Crippen LogP contribution in [0.15, 0.2) is 6.04 Å². The summed E-state index contributed by atoms with van der Waals surface area (Å²) in [5.41, 5.74) is -1.19. The highest BCUT2D eigenvalue weighted by Gasteiger charge is 2.33. The molecule has 1 aliphatic heterocycles. The van der Waals surface area contributed by atoms with Gasteiger partial charge >= 0.3 is 0 Å². The highest BCUT2D eigenvalue weighted by molar-refractivity contribution is 5.53. The molecule has 2 nitrogen and oxygen atoms in total. The van der Waals surface area contributed by atoms with Crippen LogP contribution >= 0.6 is 0 Å². The number of phenolic OH excluding ortho intramolecular Hbond substituents is 1. The Labute approximate surface area is 196 Å². The quantitative estimate of drug-likeness (QED) is 0.365. The van der Waals surface area contributed by atoms with Gasteiger partial charge in [0, 0.05) is 13.8 Å². The molecule has 0 saturated heterocycles. The molecular weight excluding hydrogens is 368 g/mol. The first kappa shape index (κ1) is 16.5. The largest absolute Gasteiger partial charge is 0.508 e. The molecule has 1 heterocycles. The fraction of sp³-hybridized carbons (Fsp3) is 0.786. The minimum Gasteiger partial charge on any atom is -0.508 e. The summed E-state index contributed by atoms with van der Waals surface area (Å²) in [7, 11) is 0. The SMILES string of the molecule is [2H]c1c(O)c(C([2H])([2H])[2H])c2c(c1C([2H])([2H])[2H])O[C@](C)(CCC[C@H](C)CCC[C@H](C)CCCC(C)C)CC2. The van der Waals surface area contributed by atoms with Crippen molar-refractivity contribution in [2.45, 2.75) is 125 Å². The van der Waals surface area contributed by atoms with E-state index in [4.69, 9.17) is 14.3 Å². The lowest BCUT2D eigenvalue weighted by Crippen LogP contribution is -2.37. The van der Waals surface area contributed by atoms with Gasteiger partial charge in [0.15, 0.2) is 0 Å². The van der Waals surface area contributed by atoms with Crippen molar-refractivity contribution in [3.8, 4) is 11.5 Å². The molecule has 0 unspecified atom stereocenters. The van der Waals surface area contributed by atoms with Gasteiger partial charge in [0.2, 0.25) is 0 Å². The van der Waals surface area contributed by atoms with E-state index in [0.29, 0.717) is 18.8 Å². The van der Waals surface area contributed by atoms with E-state index in [9.17, 15) is 5.11 Å². The van der Waals surface area contributed by atoms with E-state index < -0.39 is 36.7 Å². The monoisotopic (exact) mass is 423 g/mol. The Balaban J connectivity index is 2.01. The van der Waals surface area contributed by atoms with Crippen LogP contribution in [0.5, 0.6) is 11.5 Å². The lowest BCUT2D eigenvalue weighted by Gasteiger charge is -2.37. The lowest BCUT2D eigenvalue weighted by atomic mass is 9.84. The molecule has 1 aliphatic rings. The molecule has 1 aromatic carbocycles. The zero-order valence-corrected chi connectivity index (χ0v) is 19.9. The first-order chi connectivity index (χ1) is 17.0. The second-order valence-corrected chi connectivity index (χ2v) is 10.4. The van der Waals surface area contributed by atoms with Gasteiger partial charge in [0.05, 0.1) is 1.37 Å². The van der Waals surface area contributed by atoms with Crippen LogP contribution in [-0.4, -0.2) is 10.7 Å². The number of phenols is 1. The van der Waals surface area contributed by atoms with E-state index in [1.807, 2.05) is 6.92 Å². The summed E-state index contributed by atoms with van der Waals surface area (Å²) in [6.07, 6.45) is 11.2. The molecule has 0 aromatic heterocycles. The third-order valence-corrected chi connectivity index (χ3v) is 6.81. The second kappa shape index (κ2) is 11.4. The Hall–Kier alpha value is -1.18. The van der Waals surface area contributed by atoms with E-state index in [-0.39, 0.29) is 16.9 Å². The summed E-state index contributed by atoms with van der Waals surface area (Å²) in [5, 5.41) is 10.5. The molecule has 2 rings (SSSR count). The lowest BCUT2D eigenvalue weighted by molar-refractivity contribution is 0.0512. The molecule has 1 aromatic rings. The van der Waals surface area contributed by atoms with Crippen molar-refractivity contribution >= 4 is 0 Å². The molecule has 0 fully saturated rings. The van der Waals surface area contributed by atoms with E-state index in [1.165, 1.54) is 38.5 Å². The zero-order valence-electron chi connectivity index (χ0n) is 26.9. The van der Waals surface area contributed by atoms with Crippen LogP contribution in [0.4, 0.5) is 0 Å². The highest BCUT2D eigenvalue weighted by Crippen LogP contribution is 2.42. The summed E-state index contributed by atoms with van der Waals surface area (Å²) in [4.78, 5) is 0. The van der Waals surface area contributed by atoms with Crippen LogP contribution in [0.2, 0.25) is 0 Å². The van der Waals surface area contributed by atoms with Gasteiger partial charge < -0.3 is 9.84 Å². The van der Waals surface area contributed by atoms with E-state index in [2.05, 4.69) is 27.7 Å². The molecule has 3 atom stereocenters. The van der Waals surface area contributed by atoms with Crippen LogP contribution in [-0.2, 0) is 6.42 Å². The molecule has 2 heteroatoms. The van der Waals surface area contributed by atoms with E-state index in [1.54, 1.807) is 0 Å². The molecule has 0 bridgehead atoms. The van der Waals surface area contributed by atoms with Crippen LogP contribution < -0.4 is 4.74 Å². The number of benzene rings is 1. The third-order valence-electron chi connectivity index (χ3n) is 6.81. The number of hydrogen-bond acceptors (Lipinski definition) is 2. The fourth-order valence-electron chi connectivity index (χ4n) is 4.66. The van der Waals surface area contributed by atoms with Gasteiger partial charge in [0.1, 0.15) is 17.1 Å². The van der Waals surface area contributed by atoms with Crippen LogP contribution in [0, 0.1) is 31.5 Å². The zero-order chi connectivity index (χ0) is 28.2. The van der Waals surface area contributed by atoms with Crippen molar-refractivity contribution in [1.82, 2.24) is 0 Å². The number of rotatable bonds is 12. The number of fused-ring (bicyclic) bond motifs is 1. The van der Waals surface area contributed by atoms with Gasteiger partial charge in [-0.3, -0.25) is 0 Å². The molecular formula is C28H48O2. The Morgan fingerprint density at radius 2 is 1.67 bits per heavy atom. The Bertz CT molecular complexity index is 892. The van der Waals surface area contributed by atoms with Gasteiger partial charge in [-0.05, 0) is 81.2 Å². The summed E-state index contributed by atoms with van der Waals surface area (Å²) in [5.74, 6) is 1.33. The smallest absolute Gasteiger partial charge is 0.126 e. The average molecular weight is 424 g/mol. The summed E-state index contributed by atoms with van der Waals surface area (Å²) >= 11 is 0. The topological polar surface area (TPSA) is 29.5 Å². The molecule has 1 N–H and O–H groups in total. The molecule has 30 heavy (non-hydrogen) atoms.